The van der Waals surface area contributed by atoms with Crippen LogP contribution >= 0.6 is 0 Å². The summed E-state index contributed by atoms with van der Waals surface area (Å²) in [5.41, 5.74) is 0.815. The van der Waals surface area contributed by atoms with Crippen LogP contribution in [0.25, 0.3) is 6.08 Å². The summed E-state index contributed by atoms with van der Waals surface area (Å²) in [4.78, 5) is 22.0. The predicted octanol–water partition coefficient (Wildman–Crippen LogP) is 2.87. The van der Waals surface area contributed by atoms with Crippen LogP contribution in [0.1, 0.15) is 38.2 Å². The highest BCUT2D eigenvalue weighted by Crippen LogP contribution is 2.28. The monoisotopic (exact) mass is 335 g/mol. The second kappa shape index (κ2) is 11.1. The molecule has 0 aliphatic heterocycles. The van der Waals surface area contributed by atoms with Gasteiger partial charge in [0.25, 0.3) is 0 Å². The number of carboxylic acid groups (broad SMARTS) is 1. The summed E-state index contributed by atoms with van der Waals surface area (Å²) in [5, 5.41) is 11.2. The number of ether oxygens (including phenoxy) is 2. The molecule has 0 bridgehead atoms. The molecule has 0 aliphatic rings. The quantitative estimate of drug-likeness (QED) is 0.480. The van der Waals surface area contributed by atoms with Gasteiger partial charge in [0.15, 0.2) is 11.5 Å². The Morgan fingerprint density at radius 1 is 1.25 bits per heavy atom. The topological polar surface area (TPSA) is 84.9 Å². The Morgan fingerprint density at radius 3 is 2.71 bits per heavy atom. The molecule has 1 rings (SSSR count). The molecule has 0 spiro atoms. The van der Waals surface area contributed by atoms with E-state index in [9.17, 15) is 9.59 Å². The number of unbranched alkanes of at least 4 members (excludes halogenated alkanes) is 1. The molecule has 6 nitrogen and oxygen atoms in total. The maximum atomic E-state index is 11.7. The first kappa shape index (κ1) is 19.5. The zero-order chi connectivity index (χ0) is 17.8. The zero-order valence-electron chi connectivity index (χ0n) is 14.2. The fourth-order valence-corrected chi connectivity index (χ4v) is 1.92. The van der Waals surface area contributed by atoms with E-state index in [1.54, 1.807) is 19.3 Å². The highest BCUT2D eigenvalue weighted by molar-refractivity contribution is 5.91. The minimum atomic E-state index is -0.867. The molecule has 1 aromatic rings. The number of hydrogen-bond donors (Lipinski definition) is 2. The average Bonchev–Trinajstić information content (AvgIpc) is 2.57. The van der Waals surface area contributed by atoms with Gasteiger partial charge in [-0.25, -0.2) is 0 Å². The molecule has 0 unspecified atom stereocenters. The molecule has 0 aromatic heterocycles. The van der Waals surface area contributed by atoms with Crippen LogP contribution in [0.5, 0.6) is 11.5 Å². The summed E-state index contributed by atoms with van der Waals surface area (Å²) < 4.78 is 11.0. The molecule has 0 heterocycles. The van der Waals surface area contributed by atoms with Gasteiger partial charge in [0.1, 0.15) is 0 Å². The Bertz CT molecular complexity index is 569. The van der Waals surface area contributed by atoms with Crippen molar-refractivity contribution in [2.75, 3.05) is 20.3 Å². The lowest BCUT2D eigenvalue weighted by Crippen LogP contribution is -2.22. The van der Waals surface area contributed by atoms with E-state index >= 15 is 0 Å². The summed E-state index contributed by atoms with van der Waals surface area (Å²) in [6, 6.07) is 5.46. The number of carbonyl (C=O) groups is 2. The highest BCUT2D eigenvalue weighted by Gasteiger charge is 2.05. The summed E-state index contributed by atoms with van der Waals surface area (Å²) in [6.45, 7) is 3.07. The van der Waals surface area contributed by atoms with Crippen LogP contribution in [-0.2, 0) is 9.59 Å². The fraction of sp³-hybridized carbons (Fsp3) is 0.444. The third-order valence-corrected chi connectivity index (χ3v) is 3.24. The van der Waals surface area contributed by atoms with Gasteiger partial charge in [-0.05, 0) is 36.6 Å². The molecule has 2 N–H and O–H groups in total. The second-order valence-corrected chi connectivity index (χ2v) is 5.23. The van der Waals surface area contributed by atoms with E-state index in [0.29, 0.717) is 31.1 Å². The first-order chi connectivity index (χ1) is 11.6. The van der Waals surface area contributed by atoms with Crippen molar-refractivity contribution in [1.29, 1.82) is 0 Å². The Balaban J connectivity index is 2.54. The zero-order valence-corrected chi connectivity index (χ0v) is 14.2. The molecule has 132 valence electrons. The van der Waals surface area contributed by atoms with E-state index in [-0.39, 0.29) is 12.3 Å². The molecule has 1 amide bonds. The van der Waals surface area contributed by atoms with Crippen molar-refractivity contribution in [3.8, 4) is 11.5 Å². The van der Waals surface area contributed by atoms with Gasteiger partial charge in [-0.1, -0.05) is 19.4 Å². The normalized spacial score (nSPS) is 10.6. The van der Waals surface area contributed by atoms with Gasteiger partial charge in [-0.3, -0.25) is 9.59 Å². The van der Waals surface area contributed by atoms with E-state index in [1.807, 2.05) is 12.1 Å². The van der Waals surface area contributed by atoms with Crippen molar-refractivity contribution < 1.29 is 24.2 Å². The second-order valence-electron chi connectivity index (χ2n) is 5.23. The lowest BCUT2D eigenvalue weighted by molar-refractivity contribution is -0.137. The molecule has 0 fully saturated rings. The summed E-state index contributed by atoms with van der Waals surface area (Å²) >= 11 is 0. The minimum absolute atomic E-state index is 0.0423. The smallest absolute Gasteiger partial charge is 0.303 e. The Hall–Kier alpha value is -2.50. The molecule has 0 atom stereocenters. The predicted molar refractivity (Wildman–Crippen MR) is 92.3 cm³/mol. The van der Waals surface area contributed by atoms with Crippen molar-refractivity contribution in [3.05, 3.63) is 29.8 Å². The molecule has 24 heavy (non-hydrogen) atoms. The summed E-state index contributed by atoms with van der Waals surface area (Å²) in [6.07, 6.45) is 5.57. The van der Waals surface area contributed by atoms with Crippen molar-refractivity contribution in [2.24, 2.45) is 0 Å². The molecule has 0 saturated carbocycles. The average molecular weight is 335 g/mol. The first-order valence-corrected chi connectivity index (χ1v) is 8.05. The van der Waals surface area contributed by atoms with Crippen molar-refractivity contribution in [3.63, 3.8) is 0 Å². The first-order valence-electron chi connectivity index (χ1n) is 8.05. The van der Waals surface area contributed by atoms with Crippen LogP contribution in [-0.4, -0.2) is 37.2 Å². The molecule has 6 heteroatoms. The van der Waals surface area contributed by atoms with E-state index in [0.717, 1.165) is 18.4 Å². The van der Waals surface area contributed by atoms with E-state index in [2.05, 4.69) is 12.2 Å². The van der Waals surface area contributed by atoms with Gasteiger partial charge in [0.2, 0.25) is 5.91 Å². The van der Waals surface area contributed by atoms with Gasteiger partial charge in [0.05, 0.1) is 13.7 Å². The van der Waals surface area contributed by atoms with E-state index < -0.39 is 5.97 Å². The third kappa shape index (κ3) is 7.67. The number of carboxylic acids is 1. The summed E-state index contributed by atoms with van der Waals surface area (Å²) in [7, 11) is 1.57. The number of carbonyl (C=O) groups excluding carboxylic acids is 1. The molecule has 0 aliphatic carbocycles. The maximum Gasteiger partial charge on any atom is 0.303 e. The number of benzene rings is 1. The number of aliphatic carboxylic acids is 1. The highest BCUT2D eigenvalue weighted by atomic mass is 16.5. The Morgan fingerprint density at radius 2 is 2.04 bits per heavy atom. The van der Waals surface area contributed by atoms with Gasteiger partial charge in [0, 0.05) is 19.0 Å². The van der Waals surface area contributed by atoms with Crippen molar-refractivity contribution in [1.82, 2.24) is 5.32 Å². The van der Waals surface area contributed by atoms with Crippen LogP contribution in [0, 0.1) is 0 Å². The minimum Gasteiger partial charge on any atom is -0.493 e. The fourth-order valence-electron chi connectivity index (χ4n) is 1.92. The lowest BCUT2D eigenvalue weighted by atomic mass is 10.2. The number of hydrogen-bond acceptors (Lipinski definition) is 4. The van der Waals surface area contributed by atoms with Crippen molar-refractivity contribution >= 4 is 18.0 Å². The van der Waals surface area contributed by atoms with Crippen LogP contribution < -0.4 is 14.8 Å². The van der Waals surface area contributed by atoms with Gasteiger partial charge < -0.3 is 19.9 Å². The van der Waals surface area contributed by atoms with Crippen LogP contribution in [0.15, 0.2) is 24.3 Å². The molecule has 0 radical (unpaired) electrons. The largest absolute Gasteiger partial charge is 0.493 e. The number of amides is 1. The molecule has 0 saturated heterocycles. The SMILES string of the molecule is CCCCOc1ccc(/C=C/C(=O)NCCCC(=O)O)cc1OC. The molecular weight excluding hydrogens is 310 g/mol. The van der Waals surface area contributed by atoms with Crippen LogP contribution in [0.2, 0.25) is 0 Å². The van der Waals surface area contributed by atoms with E-state index in [4.69, 9.17) is 14.6 Å². The summed E-state index contributed by atoms with van der Waals surface area (Å²) in [5.74, 6) is 0.173. The van der Waals surface area contributed by atoms with Crippen molar-refractivity contribution in [2.45, 2.75) is 32.6 Å². The molecule has 1 aromatic carbocycles. The number of methoxy groups -OCH3 is 1. The standard InChI is InChI=1S/C18H25NO5/c1-3-4-12-24-15-9-7-14(13-16(15)23-2)8-10-17(20)19-11-5-6-18(21)22/h7-10,13H,3-6,11-12H2,1-2H3,(H,19,20)(H,21,22)/b10-8+. The number of rotatable bonds is 11. The maximum absolute atomic E-state index is 11.7. The Kier molecular flexibility index (Phi) is 9.04. The van der Waals surface area contributed by atoms with Gasteiger partial charge in [-0.15, -0.1) is 0 Å². The van der Waals surface area contributed by atoms with Crippen LogP contribution in [0.4, 0.5) is 0 Å². The lowest BCUT2D eigenvalue weighted by Gasteiger charge is -2.10. The van der Waals surface area contributed by atoms with Gasteiger partial charge in [-0.2, -0.15) is 0 Å². The number of nitrogens with one attached hydrogen (secondary N) is 1. The van der Waals surface area contributed by atoms with E-state index in [1.165, 1.54) is 6.08 Å². The van der Waals surface area contributed by atoms with Gasteiger partial charge >= 0.3 is 5.97 Å². The third-order valence-electron chi connectivity index (χ3n) is 3.24. The Labute approximate surface area is 142 Å². The van der Waals surface area contributed by atoms with Crippen LogP contribution in [0.3, 0.4) is 0 Å². The molecular formula is C18H25NO5.